The molecule has 0 spiro atoms. The van der Waals surface area contributed by atoms with E-state index < -0.39 is 16.7 Å². The van der Waals surface area contributed by atoms with Crippen molar-refractivity contribution >= 4 is 46.6 Å². The fraction of sp³-hybridized carbons (Fsp3) is 0.421. The molecule has 2 amide bonds. The summed E-state index contributed by atoms with van der Waals surface area (Å²) in [5.74, 6) is -1.03. The van der Waals surface area contributed by atoms with Crippen molar-refractivity contribution < 1.29 is 14.5 Å². The first-order chi connectivity index (χ1) is 13.3. The molecule has 3 rings (SSSR count). The van der Waals surface area contributed by atoms with Crippen LogP contribution in [0.3, 0.4) is 0 Å². The van der Waals surface area contributed by atoms with Crippen molar-refractivity contribution in [2.75, 3.05) is 19.0 Å². The van der Waals surface area contributed by atoms with Gasteiger partial charge in [0.15, 0.2) is 5.11 Å². The van der Waals surface area contributed by atoms with Crippen LogP contribution in [0.5, 0.6) is 0 Å². The summed E-state index contributed by atoms with van der Waals surface area (Å²) in [6.45, 7) is 0. The van der Waals surface area contributed by atoms with E-state index in [4.69, 9.17) is 12.2 Å². The van der Waals surface area contributed by atoms with Gasteiger partial charge in [-0.25, -0.2) is 0 Å². The third-order valence-electron chi connectivity index (χ3n) is 5.08. The quantitative estimate of drug-likeness (QED) is 0.273. The zero-order valence-corrected chi connectivity index (χ0v) is 16.6. The molecule has 2 aliphatic rings. The number of benzene rings is 1. The van der Waals surface area contributed by atoms with E-state index in [0.717, 1.165) is 32.1 Å². The van der Waals surface area contributed by atoms with Gasteiger partial charge in [0.2, 0.25) is 0 Å². The standard InChI is InChI=1S/C19H22N4O4S/c1-21(2)16-9-8-14(23(26)27)10-12(16)11-15-17(24)20-19(28)22(18(15)25)13-6-4-3-5-7-13/h8-11,13H,3-7H2,1-2H3,(H,20,24,28)/b15-11-. The number of amides is 2. The van der Waals surface area contributed by atoms with Crippen molar-refractivity contribution in [3.63, 3.8) is 0 Å². The third kappa shape index (κ3) is 3.89. The summed E-state index contributed by atoms with van der Waals surface area (Å²) in [6.07, 6.45) is 6.25. The molecule has 2 fully saturated rings. The van der Waals surface area contributed by atoms with Crippen molar-refractivity contribution in [3.8, 4) is 0 Å². The number of carbonyl (C=O) groups excluding carboxylic acids is 2. The number of nitrogens with zero attached hydrogens (tertiary/aromatic N) is 3. The van der Waals surface area contributed by atoms with Crippen molar-refractivity contribution in [1.29, 1.82) is 0 Å². The van der Waals surface area contributed by atoms with E-state index in [9.17, 15) is 19.7 Å². The van der Waals surface area contributed by atoms with E-state index in [1.165, 1.54) is 23.1 Å². The molecule has 1 heterocycles. The third-order valence-corrected chi connectivity index (χ3v) is 5.38. The average Bonchev–Trinajstić information content (AvgIpc) is 2.65. The number of carbonyl (C=O) groups is 2. The lowest BCUT2D eigenvalue weighted by Gasteiger charge is -2.37. The summed E-state index contributed by atoms with van der Waals surface area (Å²) in [4.78, 5) is 39.5. The summed E-state index contributed by atoms with van der Waals surface area (Å²) in [6, 6.07) is 4.32. The molecular weight excluding hydrogens is 380 g/mol. The predicted molar refractivity (Wildman–Crippen MR) is 110 cm³/mol. The number of nitro benzene ring substituents is 1. The number of hydrogen-bond donors (Lipinski definition) is 1. The highest BCUT2D eigenvalue weighted by atomic mass is 32.1. The molecule has 1 N–H and O–H groups in total. The largest absolute Gasteiger partial charge is 0.377 e. The maximum atomic E-state index is 13.1. The van der Waals surface area contributed by atoms with E-state index in [1.807, 2.05) is 0 Å². The Morgan fingerprint density at radius 2 is 1.93 bits per heavy atom. The second kappa shape index (κ2) is 8.05. The number of non-ortho nitro benzene ring substituents is 1. The molecule has 148 valence electrons. The Balaban J connectivity index is 2.03. The number of thiocarbonyl (C=S) groups is 1. The van der Waals surface area contributed by atoms with Crippen molar-refractivity contribution in [2.24, 2.45) is 0 Å². The molecule has 1 saturated heterocycles. The van der Waals surface area contributed by atoms with Gasteiger partial charge in [-0.3, -0.25) is 29.9 Å². The summed E-state index contributed by atoms with van der Waals surface area (Å²) in [5, 5.41) is 13.9. The Morgan fingerprint density at radius 1 is 1.25 bits per heavy atom. The highest BCUT2D eigenvalue weighted by molar-refractivity contribution is 7.80. The molecule has 0 bridgehead atoms. The molecule has 28 heavy (non-hydrogen) atoms. The Bertz CT molecular complexity index is 875. The maximum Gasteiger partial charge on any atom is 0.270 e. The van der Waals surface area contributed by atoms with Crippen LogP contribution in [-0.2, 0) is 9.59 Å². The fourth-order valence-corrected chi connectivity index (χ4v) is 4.00. The monoisotopic (exact) mass is 402 g/mol. The van der Waals surface area contributed by atoms with E-state index in [0.29, 0.717) is 11.3 Å². The topological polar surface area (TPSA) is 95.8 Å². The van der Waals surface area contributed by atoms with Crippen LogP contribution in [-0.4, -0.2) is 46.9 Å². The summed E-state index contributed by atoms with van der Waals surface area (Å²) < 4.78 is 0. The van der Waals surface area contributed by atoms with Gasteiger partial charge in [0.1, 0.15) is 5.57 Å². The molecule has 0 unspecified atom stereocenters. The SMILES string of the molecule is CN(C)c1ccc([N+](=O)[O-])cc1/C=C1/C(=O)NC(=S)N(C2CCCCC2)C1=O. The summed E-state index contributed by atoms with van der Waals surface area (Å²) >= 11 is 5.25. The first-order valence-electron chi connectivity index (χ1n) is 9.16. The lowest BCUT2D eigenvalue weighted by atomic mass is 9.93. The van der Waals surface area contributed by atoms with Gasteiger partial charge in [0, 0.05) is 43.5 Å². The second-order valence-electron chi connectivity index (χ2n) is 7.18. The Labute approximate surface area is 168 Å². The highest BCUT2D eigenvalue weighted by Gasteiger charge is 2.38. The van der Waals surface area contributed by atoms with E-state index in [1.54, 1.807) is 25.1 Å². The number of hydrogen-bond acceptors (Lipinski definition) is 6. The second-order valence-corrected chi connectivity index (χ2v) is 7.57. The van der Waals surface area contributed by atoms with Crippen LogP contribution in [0.25, 0.3) is 6.08 Å². The molecule has 1 aliphatic carbocycles. The molecule has 1 saturated carbocycles. The van der Waals surface area contributed by atoms with Crippen LogP contribution in [0.1, 0.15) is 37.7 Å². The number of nitro groups is 1. The maximum absolute atomic E-state index is 13.1. The van der Waals surface area contributed by atoms with Gasteiger partial charge < -0.3 is 4.90 Å². The van der Waals surface area contributed by atoms with Crippen LogP contribution in [0.4, 0.5) is 11.4 Å². The number of rotatable bonds is 4. The first kappa shape index (κ1) is 19.9. The zero-order chi connectivity index (χ0) is 20.4. The lowest BCUT2D eigenvalue weighted by Crippen LogP contribution is -2.57. The minimum atomic E-state index is -0.585. The molecule has 0 aromatic heterocycles. The smallest absolute Gasteiger partial charge is 0.270 e. The van der Waals surface area contributed by atoms with E-state index in [2.05, 4.69) is 5.32 Å². The normalized spacial score (nSPS) is 19.7. The van der Waals surface area contributed by atoms with Crippen LogP contribution in [0.2, 0.25) is 0 Å². The number of anilines is 1. The highest BCUT2D eigenvalue weighted by Crippen LogP contribution is 2.29. The van der Waals surface area contributed by atoms with Gasteiger partial charge in [-0.1, -0.05) is 19.3 Å². The molecule has 9 heteroatoms. The fourth-order valence-electron chi connectivity index (χ4n) is 3.68. The van der Waals surface area contributed by atoms with Crippen LogP contribution < -0.4 is 10.2 Å². The molecule has 0 radical (unpaired) electrons. The molecule has 1 aromatic carbocycles. The zero-order valence-electron chi connectivity index (χ0n) is 15.8. The molecule has 0 atom stereocenters. The van der Waals surface area contributed by atoms with Gasteiger partial charge in [-0.05, 0) is 37.2 Å². The Hall–Kier alpha value is -2.81. The average molecular weight is 402 g/mol. The van der Waals surface area contributed by atoms with Gasteiger partial charge >= 0.3 is 0 Å². The van der Waals surface area contributed by atoms with Crippen LogP contribution in [0, 0.1) is 10.1 Å². The Morgan fingerprint density at radius 3 is 2.54 bits per heavy atom. The molecule has 8 nitrogen and oxygen atoms in total. The van der Waals surface area contributed by atoms with Crippen LogP contribution in [0.15, 0.2) is 23.8 Å². The van der Waals surface area contributed by atoms with Gasteiger partial charge in [0.05, 0.1) is 4.92 Å². The predicted octanol–water partition coefficient (Wildman–Crippen LogP) is 2.62. The molecular formula is C19H22N4O4S. The lowest BCUT2D eigenvalue weighted by molar-refractivity contribution is -0.384. The minimum absolute atomic E-state index is 0.0313. The van der Waals surface area contributed by atoms with Crippen molar-refractivity contribution in [1.82, 2.24) is 10.2 Å². The number of nitrogens with one attached hydrogen (secondary N) is 1. The first-order valence-corrected chi connectivity index (χ1v) is 9.56. The van der Waals surface area contributed by atoms with Crippen molar-refractivity contribution in [2.45, 2.75) is 38.1 Å². The van der Waals surface area contributed by atoms with Gasteiger partial charge in [-0.15, -0.1) is 0 Å². The molecule has 1 aliphatic heterocycles. The van der Waals surface area contributed by atoms with E-state index in [-0.39, 0.29) is 22.4 Å². The Kier molecular flexibility index (Phi) is 5.73. The molecule has 1 aromatic rings. The van der Waals surface area contributed by atoms with Crippen LogP contribution >= 0.6 is 12.2 Å². The van der Waals surface area contributed by atoms with Crippen molar-refractivity contribution in [3.05, 3.63) is 39.4 Å². The van der Waals surface area contributed by atoms with E-state index >= 15 is 0 Å². The van der Waals surface area contributed by atoms with Gasteiger partial charge in [0.25, 0.3) is 17.5 Å². The minimum Gasteiger partial charge on any atom is -0.377 e. The van der Waals surface area contributed by atoms with Gasteiger partial charge in [-0.2, -0.15) is 0 Å². The summed E-state index contributed by atoms with van der Waals surface area (Å²) in [7, 11) is 3.57. The summed E-state index contributed by atoms with van der Waals surface area (Å²) in [5.41, 5.74) is 0.911.